The number of likely N-dealkylation sites (N-methyl/N-ethyl adjacent to an activating group) is 1. The van der Waals surface area contributed by atoms with Gasteiger partial charge in [-0.05, 0) is 63.7 Å². The molecule has 0 saturated heterocycles. The van der Waals surface area contributed by atoms with Crippen molar-refractivity contribution in [2.45, 2.75) is 147 Å². The van der Waals surface area contributed by atoms with Crippen molar-refractivity contribution in [3.63, 3.8) is 0 Å². The minimum atomic E-state index is -4.47. The maximum atomic E-state index is 12.7. The van der Waals surface area contributed by atoms with Crippen LogP contribution in [0.4, 0.5) is 0 Å². The Kier molecular flexibility index (Phi) is 30.4. The highest BCUT2D eigenvalue weighted by Crippen LogP contribution is 2.43. The average molecular weight is 853 g/mol. The van der Waals surface area contributed by atoms with E-state index in [1.165, 1.54) is 0 Å². The quantitative estimate of drug-likeness (QED) is 0.0161. The van der Waals surface area contributed by atoms with Gasteiger partial charge in [-0.2, -0.15) is 0 Å². The summed E-state index contributed by atoms with van der Waals surface area (Å²) in [5, 5.41) is 31.4. The second-order valence-electron chi connectivity index (χ2n) is 16.3. The van der Waals surface area contributed by atoms with Crippen LogP contribution in [0.1, 0.15) is 123 Å². The third kappa shape index (κ3) is 30.1. The molecule has 4 N–H and O–H groups in total. The standard InChI is InChI=1S/C46H78NO11P/c1-6-8-10-11-12-13-14-15-16-17-18-19-20-21-22-23-25-31-46(52)58-40(38-57-59(53,54)56-35-34-47(3,4)5)37-55-45(51)30-27-26-29-41-42(44(50)36-43(41)49)33-32-39(48)28-24-9-7-2/h8,10,12-13,15-16,18-19,26-27,32-33,39-44,48-50H,6-7,9,11,14,17,20-25,28-31,34-38H2,1-5H3/p+1/b10-8-,13-12-,16-15-,19-18-,27-26-,33-32+/t39-,40-,41+,42-,43+,44-/m1/s1. The number of aliphatic hydroxyl groups excluding tert-OH is 3. The fourth-order valence-electron chi connectivity index (χ4n) is 6.33. The molecular formula is C46H79NO11P+. The second-order valence-corrected chi connectivity index (χ2v) is 17.8. The number of allylic oxidation sites excluding steroid dienone is 9. The van der Waals surface area contributed by atoms with Gasteiger partial charge < -0.3 is 34.2 Å². The number of phosphoric acid groups is 1. The first kappa shape index (κ1) is 54.3. The predicted octanol–water partition coefficient (Wildman–Crippen LogP) is 8.62. The highest BCUT2D eigenvalue weighted by atomic mass is 31.2. The van der Waals surface area contributed by atoms with E-state index in [0.717, 1.165) is 70.6 Å². The number of ether oxygens (including phenoxy) is 2. The highest BCUT2D eigenvalue weighted by molar-refractivity contribution is 7.47. The van der Waals surface area contributed by atoms with Crippen LogP contribution < -0.4 is 0 Å². The second kappa shape index (κ2) is 33.0. The lowest BCUT2D eigenvalue weighted by molar-refractivity contribution is -0.870. The zero-order chi connectivity index (χ0) is 43.8. The summed E-state index contributed by atoms with van der Waals surface area (Å²) in [4.78, 5) is 35.6. The molecule has 1 saturated carbocycles. The molecule has 0 radical (unpaired) electrons. The van der Waals surface area contributed by atoms with Gasteiger partial charge in [0.1, 0.15) is 19.8 Å². The number of carbonyl (C=O) groups is 2. The van der Waals surface area contributed by atoms with Gasteiger partial charge in [0.2, 0.25) is 0 Å². The smallest absolute Gasteiger partial charge is 0.461 e. The van der Waals surface area contributed by atoms with E-state index in [2.05, 4.69) is 62.5 Å². The van der Waals surface area contributed by atoms with Crippen molar-refractivity contribution in [2.24, 2.45) is 11.8 Å². The topological polar surface area (TPSA) is 169 Å². The van der Waals surface area contributed by atoms with Crippen LogP contribution in [0.5, 0.6) is 0 Å². The molecule has 0 bridgehead atoms. The number of phosphoric ester groups is 1. The lowest BCUT2D eigenvalue weighted by atomic mass is 9.89. The van der Waals surface area contributed by atoms with E-state index < -0.39 is 50.8 Å². The van der Waals surface area contributed by atoms with E-state index in [9.17, 15) is 34.4 Å². The number of carbonyl (C=O) groups excluding carboxylic acids is 2. The number of esters is 2. The zero-order valence-electron chi connectivity index (χ0n) is 36.8. The van der Waals surface area contributed by atoms with Crippen LogP contribution in [0.25, 0.3) is 0 Å². The largest absolute Gasteiger partial charge is 0.472 e. The minimum absolute atomic E-state index is 0.0276. The van der Waals surface area contributed by atoms with Gasteiger partial charge in [0, 0.05) is 18.8 Å². The fraction of sp³-hybridized carbons (Fsp3) is 0.696. The van der Waals surface area contributed by atoms with Gasteiger partial charge in [-0.3, -0.25) is 18.6 Å². The lowest BCUT2D eigenvalue weighted by Gasteiger charge is -2.24. The summed E-state index contributed by atoms with van der Waals surface area (Å²) >= 11 is 0. The van der Waals surface area contributed by atoms with Crippen LogP contribution in [0.15, 0.2) is 72.9 Å². The van der Waals surface area contributed by atoms with Crippen LogP contribution >= 0.6 is 7.82 Å². The van der Waals surface area contributed by atoms with Crippen molar-refractivity contribution in [3.8, 4) is 0 Å². The van der Waals surface area contributed by atoms with Crippen molar-refractivity contribution < 1.29 is 57.4 Å². The lowest BCUT2D eigenvalue weighted by Crippen LogP contribution is -2.37. The third-order valence-electron chi connectivity index (χ3n) is 9.82. The Labute approximate surface area is 355 Å². The van der Waals surface area contributed by atoms with E-state index in [4.69, 9.17) is 18.5 Å². The van der Waals surface area contributed by atoms with Gasteiger partial charge in [0.15, 0.2) is 6.10 Å². The van der Waals surface area contributed by atoms with Crippen molar-refractivity contribution in [3.05, 3.63) is 72.9 Å². The Morgan fingerprint density at radius 3 is 2.10 bits per heavy atom. The van der Waals surface area contributed by atoms with Gasteiger partial charge in [-0.1, -0.05) is 119 Å². The van der Waals surface area contributed by atoms with Crippen LogP contribution in [-0.4, -0.2) is 109 Å². The Morgan fingerprint density at radius 2 is 1.44 bits per heavy atom. The molecular weight excluding hydrogens is 773 g/mol. The Morgan fingerprint density at radius 1 is 0.780 bits per heavy atom. The maximum Gasteiger partial charge on any atom is 0.472 e. The summed E-state index contributed by atoms with van der Waals surface area (Å²) in [6.45, 7) is 3.77. The van der Waals surface area contributed by atoms with Crippen LogP contribution in [0, 0.1) is 11.8 Å². The summed E-state index contributed by atoms with van der Waals surface area (Å²) in [5.41, 5.74) is 0. The van der Waals surface area contributed by atoms with E-state index in [0.29, 0.717) is 30.3 Å². The molecule has 0 aromatic heterocycles. The summed E-state index contributed by atoms with van der Waals surface area (Å²) in [5.74, 6) is -1.74. The number of hydrogen-bond acceptors (Lipinski definition) is 10. The molecule has 1 aliphatic carbocycles. The molecule has 12 nitrogen and oxygen atoms in total. The molecule has 59 heavy (non-hydrogen) atoms. The molecule has 0 aromatic carbocycles. The third-order valence-corrected chi connectivity index (χ3v) is 10.8. The van der Waals surface area contributed by atoms with E-state index >= 15 is 0 Å². The van der Waals surface area contributed by atoms with E-state index in [-0.39, 0.29) is 44.3 Å². The number of hydrogen-bond donors (Lipinski definition) is 4. The van der Waals surface area contributed by atoms with Crippen molar-refractivity contribution in [2.75, 3.05) is 47.5 Å². The summed E-state index contributed by atoms with van der Waals surface area (Å²) in [7, 11) is 1.27. The van der Waals surface area contributed by atoms with Crippen LogP contribution in [0.2, 0.25) is 0 Å². The normalized spacial score (nSPS) is 21.2. The fourth-order valence-corrected chi connectivity index (χ4v) is 7.07. The SMILES string of the molecule is CC/C=C\C/C=C\C/C=C\C/C=C\CCCCCCC(=O)O[C@H](COC(=O)C/C=C\C[C@H]1[C@@H](/C=C/[C@H](O)CCCCC)[C@H](O)C[C@@H]1O)COP(=O)(O)OCC[N+](C)(C)C. The zero-order valence-corrected chi connectivity index (χ0v) is 37.7. The molecule has 0 aromatic rings. The first-order chi connectivity index (χ1) is 28.2. The number of quaternary nitrogens is 1. The predicted molar refractivity (Wildman–Crippen MR) is 235 cm³/mol. The van der Waals surface area contributed by atoms with Crippen molar-refractivity contribution >= 4 is 19.8 Å². The van der Waals surface area contributed by atoms with Gasteiger partial charge in [-0.15, -0.1) is 0 Å². The van der Waals surface area contributed by atoms with Crippen molar-refractivity contribution in [1.29, 1.82) is 0 Å². The van der Waals surface area contributed by atoms with E-state index in [1.54, 1.807) is 24.3 Å². The molecule has 7 atom stereocenters. The van der Waals surface area contributed by atoms with Gasteiger partial charge in [0.25, 0.3) is 0 Å². The Balaban J connectivity index is 2.57. The van der Waals surface area contributed by atoms with Gasteiger partial charge in [0.05, 0.1) is 52.5 Å². The molecule has 1 rings (SSSR count). The molecule has 1 fully saturated rings. The minimum Gasteiger partial charge on any atom is -0.461 e. The number of unbranched alkanes of at least 4 members (excludes halogenated alkanes) is 6. The summed E-state index contributed by atoms with van der Waals surface area (Å²) in [6, 6.07) is 0. The van der Waals surface area contributed by atoms with Crippen LogP contribution in [0.3, 0.4) is 0 Å². The Bertz CT molecular complexity index is 1350. The van der Waals surface area contributed by atoms with E-state index in [1.807, 2.05) is 21.1 Å². The summed E-state index contributed by atoms with van der Waals surface area (Å²) in [6.07, 6.45) is 33.7. The molecule has 338 valence electrons. The number of nitrogens with zero attached hydrogens (tertiary/aromatic N) is 1. The molecule has 0 heterocycles. The number of rotatable bonds is 34. The molecule has 1 unspecified atom stereocenters. The maximum absolute atomic E-state index is 12.7. The molecule has 0 spiro atoms. The van der Waals surface area contributed by atoms with Crippen molar-refractivity contribution in [1.82, 2.24) is 0 Å². The first-order valence-corrected chi connectivity index (χ1v) is 23.4. The molecule has 0 aliphatic heterocycles. The Hall–Kier alpha value is -2.67. The van der Waals surface area contributed by atoms with Gasteiger partial charge in [-0.25, -0.2) is 4.57 Å². The first-order valence-electron chi connectivity index (χ1n) is 21.9. The van der Waals surface area contributed by atoms with Gasteiger partial charge >= 0.3 is 19.8 Å². The molecule has 1 aliphatic rings. The number of aliphatic hydroxyl groups is 3. The molecule has 0 amide bonds. The highest BCUT2D eigenvalue weighted by Gasteiger charge is 2.39. The average Bonchev–Trinajstić information content (AvgIpc) is 3.44. The monoisotopic (exact) mass is 853 g/mol. The molecule has 13 heteroatoms. The summed E-state index contributed by atoms with van der Waals surface area (Å²) < 4.78 is 34.2. The van der Waals surface area contributed by atoms with Crippen LogP contribution in [-0.2, 0) is 32.7 Å².